The van der Waals surface area contributed by atoms with Crippen LogP contribution in [0.4, 0.5) is 5.69 Å². The van der Waals surface area contributed by atoms with Crippen LogP contribution in [0.2, 0.25) is 0 Å². The lowest BCUT2D eigenvalue weighted by Gasteiger charge is -2.20. The second kappa shape index (κ2) is 4.88. The van der Waals surface area contributed by atoms with Gasteiger partial charge >= 0.3 is 0 Å². The maximum absolute atomic E-state index is 11.1. The first-order valence-electron chi connectivity index (χ1n) is 5.50. The summed E-state index contributed by atoms with van der Waals surface area (Å²) in [7, 11) is 1.60. The number of likely N-dealkylation sites (N-methyl/N-ethyl adjacent to an activating group) is 1. The molecule has 1 amide bonds. The predicted octanol–water partition coefficient (Wildman–Crippen LogP) is 1.17. The number of para-hydroxylation sites is 1. The van der Waals surface area contributed by atoms with Gasteiger partial charge in [0.2, 0.25) is 0 Å². The third-order valence-electron chi connectivity index (χ3n) is 2.67. The van der Waals surface area contributed by atoms with Crippen molar-refractivity contribution in [3.63, 3.8) is 0 Å². The van der Waals surface area contributed by atoms with Crippen molar-refractivity contribution in [2.45, 2.75) is 12.8 Å². The first kappa shape index (κ1) is 10.8. The molecular formula is C12H16N2O2. The number of rotatable bonds is 3. The Morgan fingerprint density at radius 3 is 3.25 bits per heavy atom. The Labute approximate surface area is 95.0 Å². The Morgan fingerprint density at radius 1 is 1.56 bits per heavy atom. The van der Waals surface area contributed by atoms with Gasteiger partial charge in [0.25, 0.3) is 5.91 Å². The third-order valence-corrected chi connectivity index (χ3v) is 2.67. The van der Waals surface area contributed by atoms with E-state index < -0.39 is 0 Å². The summed E-state index contributed by atoms with van der Waals surface area (Å²) < 4.78 is 5.48. The van der Waals surface area contributed by atoms with Crippen LogP contribution in [-0.4, -0.2) is 26.1 Å². The standard InChI is InChI=1S/C12H16N2O2/c1-13-11(15)8-16-10-6-2-4-9-5-3-7-14-12(9)10/h2,4,6,14H,3,5,7-8H2,1H3,(H,13,15). The van der Waals surface area contributed by atoms with E-state index in [9.17, 15) is 4.79 Å². The smallest absolute Gasteiger partial charge is 0.257 e. The van der Waals surface area contributed by atoms with E-state index in [0.717, 1.165) is 30.8 Å². The van der Waals surface area contributed by atoms with Crippen molar-refractivity contribution in [1.82, 2.24) is 5.32 Å². The Kier molecular flexibility index (Phi) is 3.29. The maximum Gasteiger partial charge on any atom is 0.257 e. The lowest BCUT2D eigenvalue weighted by molar-refractivity contribution is -0.122. The number of carbonyl (C=O) groups excluding carboxylic acids is 1. The summed E-state index contributed by atoms with van der Waals surface area (Å²) in [5.74, 6) is 0.647. The van der Waals surface area contributed by atoms with Crippen LogP contribution in [0.1, 0.15) is 12.0 Å². The van der Waals surface area contributed by atoms with Crippen molar-refractivity contribution in [2.75, 3.05) is 25.5 Å². The van der Waals surface area contributed by atoms with Gasteiger partial charge in [0.15, 0.2) is 6.61 Å². The fourth-order valence-corrected chi connectivity index (χ4v) is 1.81. The van der Waals surface area contributed by atoms with E-state index in [2.05, 4.69) is 16.7 Å². The molecular weight excluding hydrogens is 204 g/mol. The molecule has 0 saturated heterocycles. The zero-order valence-electron chi connectivity index (χ0n) is 9.38. The lowest BCUT2D eigenvalue weighted by Crippen LogP contribution is -2.25. The second-order valence-corrected chi connectivity index (χ2v) is 3.78. The summed E-state index contributed by atoms with van der Waals surface area (Å²) in [4.78, 5) is 11.1. The van der Waals surface area contributed by atoms with Crippen LogP contribution in [0.15, 0.2) is 18.2 Å². The Morgan fingerprint density at radius 2 is 2.44 bits per heavy atom. The van der Waals surface area contributed by atoms with Gasteiger partial charge < -0.3 is 15.4 Å². The number of hydrogen-bond acceptors (Lipinski definition) is 3. The maximum atomic E-state index is 11.1. The van der Waals surface area contributed by atoms with E-state index >= 15 is 0 Å². The molecule has 0 fully saturated rings. The summed E-state index contributed by atoms with van der Waals surface area (Å²) in [6.45, 7) is 1.03. The predicted molar refractivity (Wildman–Crippen MR) is 62.8 cm³/mol. The number of carbonyl (C=O) groups is 1. The number of anilines is 1. The van der Waals surface area contributed by atoms with Gasteiger partial charge in [0.1, 0.15) is 5.75 Å². The Hall–Kier alpha value is -1.71. The molecule has 86 valence electrons. The number of fused-ring (bicyclic) bond motifs is 1. The zero-order chi connectivity index (χ0) is 11.4. The number of nitrogens with one attached hydrogen (secondary N) is 2. The molecule has 4 heteroatoms. The highest BCUT2D eigenvalue weighted by Crippen LogP contribution is 2.31. The highest BCUT2D eigenvalue weighted by atomic mass is 16.5. The molecule has 16 heavy (non-hydrogen) atoms. The van der Waals surface area contributed by atoms with Crippen LogP contribution >= 0.6 is 0 Å². The molecule has 1 heterocycles. The molecule has 4 nitrogen and oxygen atoms in total. The van der Waals surface area contributed by atoms with Crippen LogP contribution in [-0.2, 0) is 11.2 Å². The molecule has 1 aromatic rings. The molecule has 0 spiro atoms. The number of amides is 1. The number of ether oxygens (including phenoxy) is 1. The largest absolute Gasteiger partial charge is 0.482 e. The van der Waals surface area contributed by atoms with Crippen LogP contribution in [0.25, 0.3) is 0 Å². The van der Waals surface area contributed by atoms with Crippen molar-refractivity contribution in [2.24, 2.45) is 0 Å². The fourth-order valence-electron chi connectivity index (χ4n) is 1.81. The zero-order valence-corrected chi connectivity index (χ0v) is 9.38. The molecule has 0 aliphatic carbocycles. The minimum Gasteiger partial charge on any atom is -0.482 e. The van der Waals surface area contributed by atoms with Gasteiger partial charge in [0.05, 0.1) is 5.69 Å². The summed E-state index contributed by atoms with van der Waals surface area (Å²) >= 11 is 0. The highest BCUT2D eigenvalue weighted by molar-refractivity contribution is 5.77. The van der Waals surface area contributed by atoms with Gasteiger partial charge in [-0.3, -0.25) is 4.79 Å². The van der Waals surface area contributed by atoms with Gasteiger partial charge in [-0.2, -0.15) is 0 Å². The van der Waals surface area contributed by atoms with Gasteiger partial charge in [0, 0.05) is 13.6 Å². The monoisotopic (exact) mass is 220 g/mol. The normalized spacial score (nSPS) is 13.6. The molecule has 1 aliphatic rings. The average molecular weight is 220 g/mol. The van der Waals surface area contributed by atoms with Gasteiger partial charge in [-0.1, -0.05) is 12.1 Å². The Bertz CT molecular complexity index is 391. The summed E-state index contributed by atoms with van der Waals surface area (Å²) in [5.41, 5.74) is 2.30. The first-order valence-corrected chi connectivity index (χ1v) is 5.50. The van der Waals surface area contributed by atoms with Crippen molar-refractivity contribution in [3.8, 4) is 5.75 Å². The molecule has 0 unspecified atom stereocenters. The van der Waals surface area contributed by atoms with E-state index in [1.165, 1.54) is 5.56 Å². The average Bonchev–Trinajstić information content (AvgIpc) is 2.35. The molecule has 0 atom stereocenters. The third kappa shape index (κ3) is 2.27. The molecule has 2 N–H and O–H groups in total. The topological polar surface area (TPSA) is 50.4 Å². The molecule has 2 rings (SSSR count). The van der Waals surface area contributed by atoms with Crippen LogP contribution in [0.5, 0.6) is 5.75 Å². The minimum absolute atomic E-state index is 0.0641. The van der Waals surface area contributed by atoms with E-state index in [4.69, 9.17) is 4.74 Å². The molecule has 0 saturated carbocycles. The summed E-state index contributed by atoms with van der Waals surface area (Å²) in [6, 6.07) is 5.94. The highest BCUT2D eigenvalue weighted by Gasteiger charge is 2.13. The van der Waals surface area contributed by atoms with Crippen molar-refractivity contribution >= 4 is 11.6 Å². The number of aryl methyl sites for hydroxylation is 1. The van der Waals surface area contributed by atoms with Crippen molar-refractivity contribution in [1.29, 1.82) is 0 Å². The minimum atomic E-state index is -0.117. The molecule has 0 bridgehead atoms. The van der Waals surface area contributed by atoms with Gasteiger partial charge in [-0.05, 0) is 24.5 Å². The van der Waals surface area contributed by atoms with E-state index in [1.807, 2.05) is 12.1 Å². The van der Waals surface area contributed by atoms with E-state index in [1.54, 1.807) is 7.05 Å². The molecule has 0 radical (unpaired) electrons. The SMILES string of the molecule is CNC(=O)COc1cccc2c1NCCC2. The second-order valence-electron chi connectivity index (χ2n) is 3.78. The van der Waals surface area contributed by atoms with Gasteiger partial charge in [-0.15, -0.1) is 0 Å². The van der Waals surface area contributed by atoms with Gasteiger partial charge in [-0.25, -0.2) is 0 Å². The molecule has 1 aliphatic heterocycles. The summed E-state index contributed by atoms with van der Waals surface area (Å²) in [6.07, 6.45) is 2.21. The van der Waals surface area contributed by atoms with Crippen molar-refractivity contribution in [3.05, 3.63) is 23.8 Å². The van der Waals surface area contributed by atoms with Crippen LogP contribution < -0.4 is 15.4 Å². The molecule has 0 aromatic heterocycles. The quantitative estimate of drug-likeness (QED) is 0.804. The summed E-state index contributed by atoms with van der Waals surface area (Å²) in [5, 5.41) is 5.85. The number of hydrogen-bond donors (Lipinski definition) is 2. The lowest BCUT2D eigenvalue weighted by atomic mass is 10.0. The van der Waals surface area contributed by atoms with E-state index in [0.29, 0.717) is 0 Å². The van der Waals surface area contributed by atoms with Crippen LogP contribution in [0.3, 0.4) is 0 Å². The first-order chi connectivity index (χ1) is 7.81. The Balaban J connectivity index is 2.11. The van der Waals surface area contributed by atoms with E-state index in [-0.39, 0.29) is 12.5 Å². The van der Waals surface area contributed by atoms with Crippen molar-refractivity contribution < 1.29 is 9.53 Å². The molecule has 1 aromatic carbocycles. The van der Waals surface area contributed by atoms with Crippen LogP contribution in [0, 0.1) is 0 Å². The fraction of sp³-hybridized carbons (Fsp3) is 0.417. The number of benzene rings is 1.